The zero-order chi connectivity index (χ0) is 29.1. The van der Waals surface area contributed by atoms with Crippen LogP contribution in [0.2, 0.25) is 0 Å². The molecular formula is C34H33F2N5O2. The van der Waals surface area contributed by atoms with E-state index in [4.69, 9.17) is 9.72 Å². The first kappa shape index (κ1) is 26.6. The molecule has 4 saturated heterocycles. The number of alkyl halides is 1. The second-order valence-electron chi connectivity index (χ2n) is 12.5. The van der Waals surface area contributed by atoms with Gasteiger partial charge in [-0.2, -0.15) is 9.97 Å². The van der Waals surface area contributed by atoms with Crippen LogP contribution in [0.4, 0.5) is 14.6 Å². The van der Waals surface area contributed by atoms with E-state index in [-0.39, 0.29) is 35.0 Å². The van der Waals surface area contributed by atoms with Gasteiger partial charge in [0.2, 0.25) is 0 Å². The van der Waals surface area contributed by atoms with Crippen molar-refractivity contribution in [1.82, 2.24) is 20.2 Å². The Labute approximate surface area is 248 Å². The molecule has 0 amide bonds. The number of phenolic OH excluding ortho intramolecular Hbond substituents is 1. The van der Waals surface area contributed by atoms with Crippen LogP contribution >= 0.6 is 0 Å². The van der Waals surface area contributed by atoms with Gasteiger partial charge in [0.25, 0.3) is 0 Å². The van der Waals surface area contributed by atoms with E-state index >= 15 is 4.39 Å². The summed E-state index contributed by atoms with van der Waals surface area (Å²) in [6.45, 7) is 3.12. The van der Waals surface area contributed by atoms with Gasteiger partial charge in [-0.25, -0.2) is 8.78 Å². The maximum atomic E-state index is 16.3. The number of halogens is 2. The van der Waals surface area contributed by atoms with Crippen LogP contribution in [0.25, 0.3) is 21.7 Å². The van der Waals surface area contributed by atoms with Crippen LogP contribution in [0.1, 0.15) is 43.2 Å². The van der Waals surface area contributed by atoms with E-state index < -0.39 is 12.0 Å². The molecule has 0 spiro atoms. The van der Waals surface area contributed by atoms with Gasteiger partial charge in [0, 0.05) is 54.5 Å². The molecular weight excluding hydrogens is 548 g/mol. The highest BCUT2D eigenvalue weighted by atomic mass is 19.1. The Morgan fingerprint density at radius 2 is 1.79 bits per heavy atom. The molecule has 4 aromatic rings. The molecule has 0 aliphatic carbocycles. The summed E-state index contributed by atoms with van der Waals surface area (Å²) in [5, 5.41) is 16.2. The summed E-state index contributed by atoms with van der Waals surface area (Å²) in [6, 6.07) is 15.3. The van der Waals surface area contributed by atoms with Crippen molar-refractivity contribution < 1.29 is 18.6 Å². The number of piperazine rings is 1. The molecule has 7 nitrogen and oxygen atoms in total. The fourth-order valence-corrected chi connectivity index (χ4v) is 7.71. The average Bonchev–Trinajstić information content (AvgIpc) is 3.65. The average molecular weight is 582 g/mol. The Morgan fingerprint density at radius 1 is 1.00 bits per heavy atom. The van der Waals surface area contributed by atoms with Crippen LogP contribution in [-0.4, -0.2) is 76.6 Å². The molecule has 0 unspecified atom stereocenters. The van der Waals surface area contributed by atoms with Crippen LogP contribution in [0.3, 0.4) is 0 Å². The monoisotopic (exact) mass is 581 g/mol. The lowest BCUT2D eigenvalue weighted by molar-refractivity contribution is 0.107. The van der Waals surface area contributed by atoms with E-state index in [9.17, 15) is 9.50 Å². The minimum absolute atomic E-state index is 0.111. The predicted octanol–water partition coefficient (Wildman–Crippen LogP) is 4.92. The van der Waals surface area contributed by atoms with Crippen LogP contribution in [-0.2, 0) is 0 Å². The molecule has 3 aromatic carbocycles. The van der Waals surface area contributed by atoms with Crippen molar-refractivity contribution >= 4 is 27.5 Å². The van der Waals surface area contributed by atoms with Crippen molar-refractivity contribution in [2.24, 2.45) is 0 Å². The van der Waals surface area contributed by atoms with E-state index in [0.29, 0.717) is 47.2 Å². The zero-order valence-electron chi connectivity index (χ0n) is 23.8. The number of hydrogen-bond donors (Lipinski definition) is 2. The van der Waals surface area contributed by atoms with Gasteiger partial charge in [-0.3, -0.25) is 4.90 Å². The number of phenols is 1. The van der Waals surface area contributed by atoms with Gasteiger partial charge in [0.1, 0.15) is 29.9 Å². The third-order valence-corrected chi connectivity index (χ3v) is 9.73. The van der Waals surface area contributed by atoms with Crippen LogP contribution in [0, 0.1) is 17.7 Å². The minimum Gasteiger partial charge on any atom is -0.507 e. The normalized spacial score (nSPS) is 26.6. The van der Waals surface area contributed by atoms with Crippen molar-refractivity contribution in [3.8, 4) is 23.6 Å². The van der Waals surface area contributed by atoms with Crippen molar-refractivity contribution in [2.45, 2.75) is 55.9 Å². The summed E-state index contributed by atoms with van der Waals surface area (Å²) in [5.41, 5.74) is 0.616. The van der Waals surface area contributed by atoms with Crippen molar-refractivity contribution in [2.75, 3.05) is 37.7 Å². The first-order valence-corrected chi connectivity index (χ1v) is 15.2. The number of hydrogen-bond acceptors (Lipinski definition) is 7. The van der Waals surface area contributed by atoms with Gasteiger partial charge >= 0.3 is 6.01 Å². The number of nitrogens with zero attached hydrogens (tertiary/aromatic N) is 4. The smallest absolute Gasteiger partial charge is 0.319 e. The Hall–Kier alpha value is -4.00. The molecule has 220 valence electrons. The topological polar surface area (TPSA) is 73.8 Å². The molecule has 0 radical (unpaired) electrons. The number of aromatic nitrogens is 2. The van der Waals surface area contributed by atoms with Gasteiger partial charge in [0.15, 0.2) is 5.82 Å². The highest BCUT2D eigenvalue weighted by Crippen LogP contribution is 2.41. The fraction of sp³-hybridized carbons (Fsp3) is 0.412. The fourth-order valence-electron chi connectivity index (χ4n) is 7.71. The first-order valence-electron chi connectivity index (χ1n) is 15.2. The van der Waals surface area contributed by atoms with Gasteiger partial charge in [-0.1, -0.05) is 36.1 Å². The second-order valence-corrected chi connectivity index (χ2v) is 12.5. The Kier molecular flexibility index (Phi) is 6.39. The van der Waals surface area contributed by atoms with E-state index in [0.717, 1.165) is 50.7 Å². The Morgan fingerprint density at radius 3 is 2.63 bits per heavy atom. The molecule has 4 aliphatic heterocycles. The third kappa shape index (κ3) is 4.64. The number of rotatable bonds is 4. The molecule has 9 heteroatoms. The number of aromatic hydroxyl groups is 1. The summed E-state index contributed by atoms with van der Waals surface area (Å²) >= 11 is 0. The summed E-state index contributed by atoms with van der Waals surface area (Å²) < 4.78 is 36.9. The number of benzene rings is 3. The largest absolute Gasteiger partial charge is 0.507 e. The maximum Gasteiger partial charge on any atom is 0.319 e. The van der Waals surface area contributed by atoms with Gasteiger partial charge in [0.05, 0.1) is 11.1 Å². The molecule has 5 heterocycles. The summed E-state index contributed by atoms with van der Waals surface area (Å²) in [5.74, 6) is 6.31. The molecule has 2 bridgehead atoms. The van der Waals surface area contributed by atoms with Crippen LogP contribution in [0.15, 0.2) is 48.5 Å². The number of fused-ring (bicyclic) bond motifs is 5. The summed E-state index contributed by atoms with van der Waals surface area (Å²) in [7, 11) is 0. The number of anilines is 1. The van der Waals surface area contributed by atoms with Gasteiger partial charge in [-0.15, -0.1) is 0 Å². The lowest BCUT2D eigenvalue weighted by Gasteiger charge is -2.34. The minimum atomic E-state index is -0.865. The molecule has 0 saturated carbocycles. The molecule has 4 fully saturated rings. The van der Waals surface area contributed by atoms with Crippen molar-refractivity contribution in [1.29, 1.82) is 0 Å². The van der Waals surface area contributed by atoms with Crippen LogP contribution < -0.4 is 15.0 Å². The van der Waals surface area contributed by atoms with E-state index in [1.807, 2.05) is 30.3 Å². The van der Waals surface area contributed by atoms with E-state index in [2.05, 4.69) is 31.9 Å². The van der Waals surface area contributed by atoms with Gasteiger partial charge < -0.3 is 20.1 Å². The van der Waals surface area contributed by atoms with Crippen molar-refractivity contribution in [3.63, 3.8) is 0 Å². The lowest BCUT2D eigenvalue weighted by Crippen LogP contribution is -2.51. The SMILES string of the molecule is Oc1cccc2cccc(C#Cc3ccc4c(N5C[C@H]6CC[C@@H](C5)N6)nc(OC[C@@]56CCCN5C[C@H](F)C6)nc4c3F)c12. The van der Waals surface area contributed by atoms with Crippen LogP contribution in [0.5, 0.6) is 11.8 Å². The number of ether oxygens (including phenoxy) is 1. The van der Waals surface area contributed by atoms with Gasteiger partial charge in [-0.05, 0) is 61.9 Å². The highest BCUT2D eigenvalue weighted by molar-refractivity contribution is 5.94. The molecule has 8 rings (SSSR count). The quantitative estimate of drug-likeness (QED) is 0.332. The molecule has 43 heavy (non-hydrogen) atoms. The van der Waals surface area contributed by atoms with E-state index in [1.165, 1.54) is 0 Å². The lowest BCUT2D eigenvalue weighted by atomic mass is 9.95. The molecule has 1 aromatic heterocycles. The number of nitrogens with one attached hydrogen (secondary N) is 1. The molecule has 4 aliphatic rings. The summed E-state index contributed by atoms with van der Waals surface area (Å²) in [4.78, 5) is 13.8. The van der Waals surface area contributed by atoms with E-state index in [1.54, 1.807) is 18.2 Å². The molecule has 2 N–H and O–H groups in total. The maximum absolute atomic E-state index is 16.3. The summed E-state index contributed by atoms with van der Waals surface area (Å²) in [6.07, 6.45) is 3.66. The van der Waals surface area contributed by atoms with Crippen molar-refractivity contribution in [3.05, 3.63) is 65.5 Å². The third-order valence-electron chi connectivity index (χ3n) is 9.73. The zero-order valence-corrected chi connectivity index (χ0v) is 23.8. The molecule has 4 atom stereocenters. The first-order chi connectivity index (χ1) is 21.0. The Balaban J connectivity index is 1.19. The predicted molar refractivity (Wildman–Crippen MR) is 162 cm³/mol. The Bertz CT molecular complexity index is 1790. The standard InChI is InChI=1S/C34H33F2N5O2/c35-24-16-34(14-3-15-41(34)17-24)20-43-33-38-31-27(32(39-33)40-18-25-11-12-26(19-40)37-25)13-10-23(30(31)36)9-8-22-5-1-4-21-6-2-7-28(42)29(21)22/h1-2,4-7,10,13,24-26,37,42H,3,11-12,14-20H2/t24-,25-,26+,34+/m1/s1. The highest BCUT2D eigenvalue weighted by Gasteiger charge is 2.49. The second kappa shape index (κ2) is 10.3.